The van der Waals surface area contributed by atoms with Crippen LogP contribution in [0.4, 0.5) is 0 Å². The van der Waals surface area contributed by atoms with Crippen LogP contribution in [0.25, 0.3) is 0 Å². The van der Waals surface area contributed by atoms with Crippen molar-refractivity contribution in [2.75, 3.05) is 26.2 Å². The maximum absolute atomic E-state index is 10.2. The molecule has 0 spiro atoms. The minimum Gasteiger partial charge on any atom is -0.492 e. The van der Waals surface area contributed by atoms with E-state index in [1.165, 1.54) is 25.9 Å². The number of hydrogen-bond donors (Lipinski definition) is 1. The van der Waals surface area contributed by atoms with Gasteiger partial charge in [0.15, 0.2) is 0 Å². The van der Waals surface area contributed by atoms with Crippen molar-refractivity contribution >= 4 is 0 Å². The molecule has 0 bridgehead atoms. The third-order valence-electron chi connectivity index (χ3n) is 3.93. The van der Waals surface area contributed by atoms with Crippen molar-refractivity contribution in [2.45, 2.75) is 18.9 Å². The molecule has 0 radical (unpaired) electrons. The van der Waals surface area contributed by atoms with Gasteiger partial charge in [-0.25, -0.2) is 0 Å². The molecule has 112 valence electrons. The van der Waals surface area contributed by atoms with E-state index in [1.54, 1.807) is 18.6 Å². The molecular formula is C17H21NO3. The van der Waals surface area contributed by atoms with Crippen LogP contribution in [-0.4, -0.2) is 36.2 Å². The van der Waals surface area contributed by atoms with E-state index in [1.807, 2.05) is 24.3 Å². The van der Waals surface area contributed by atoms with Crippen molar-refractivity contribution in [3.8, 4) is 5.75 Å². The van der Waals surface area contributed by atoms with Crippen LogP contribution in [0.1, 0.15) is 30.1 Å². The number of likely N-dealkylation sites (tertiary alicyclic amines) is 1. The molecule has 1 aliphatic rings. The van der Waals surface area contributed by atoms with Gasteiger partial charge in [-0.3, -0.25) is 4.90 Å². The fourth-order valence-electron chi connectivity index (χ4n) is 2.67. The Morgan fingerprint density at radius 2 is 1.86 bits per heavy atom. The van der Waals surface area contributed by atoms with Gasteiger partial charge in [-0.1, -0.05) is 12.1 Å². The van der Waals surface area contributed by atoms with Crippen LogP contribution in [0.5, 0.6) is 5.75 Å². The topological polar surface area (TPSA) is 45.8 Å². The van der Waals surface area contributed by atoms with Crippen LogP contribution in [0, 0.1) is 0 Å². The lowest BCUT2D eigenvalue weighted by atomic mass is 10.0. The highest BCUT2D eigenvalue weighted by atomic mass is 16.5. The van der Waals surface area contributed by atoms with Crippen LogP contribution in [0.3, 0.4) is 0 Å². The highest BCUT2D eigenvalue weighted by Crippen LogP contribution is 2.24. The molecule has 1 aliphatic heterocycles. The highest BCUT2D eigenvalue weighted by molar-refractivity contribution is 5.32. The predicted octanol–water partition coefficient (Wildman–Crippen LogP) is 2.84. The number of furan rings is 1. The molecule has 2 aromatic rings. The fourth-order valence-corrected chi connectivity index (χ4v) is 2.67. The van der Waals surface area contributed by atoms with Gasteiger partial charge in [0.25, 0.3) is 0 Å². The number of benzene rings is 1. The Balaban J connectivity index is 1.51. The smallest absolute Gasteiger partial charge is 0.119 e. The molecule has 1 fully saturated rings. The Morgan fingerprint density at radius 1 is 1.10 bits per heavy atom. The van der Waals surface area contributed by atoms with Crippen molar-refractivity contribution in [1.82, 2.24) is 4.90 Å². The van der Waals surface area contributed by atoms with Crippen molar-refractivity contribution in [3.63, 3.8) is 0 Å². The third-order valence-corrected chi connectivity index (χ3v) is 3.93. The Bertz CT molecular complexity index is 530. The lowest BCUT2D eigenvalue weighted by Gasteiger charge is -2.15. The molecule has 1 N–H and O–H groups in total. The van der Waals surface area contributed by atoms with Gasteiger partial charge in [0.2, 0.25) is 0 Å². The quantitative estimate of drug-likeness (QED) is 0.887. The minimum atomic E-state index is -0.651. The summed E-state index contributed by atoms with van der Waals surface area (Å²) in [7, 11) is 0. The lowest BCUT2D eigenvalue weighted by molar-refractivity contribution is 0.218. The predicted molar refractivity (Wildman–Crippen MR) is 80.4 cm³/mol. The maximum Gasteiger partial charge on any atom is 0.119 e. The molecule has 0 aliphatic carbocycles. The van der Waals surface area contributed by atoms with Crippen molar-refractivity contribution in [2.24, 2.45) is 0 Å². The summed E-state index contributed by atoms with van der Waals surface area (Å²) < 4.78 is 10.7. The zero-order valence-electron chi connectivity index (χ0n) is 12.1. The Hall–Kier alpha value is -1.78. The number of aliphatic hydroxyl groups is 1. The van der Waals surface area contributed by atoms with Gasteiger partial charge in [0.05, 0.1) is 12.5 Å². The van der Waals surface area contributed by atoms with E-state index in [4.69, 9.17) is 9.15 Å². The fraction of sp³-hybridized carbons (Fsp3) is 0.412. The second kappa shape index (κ2) is 6.78. The van der Waals surface area contributed by atoms with E-state index in [0.717, 1.165) is 23.4 Å². The average molecular weight is 287 g/mol. The second-order valence-corrected chi connectivity index (χ2v) is 5.43. The molecule has 3 rings (SSSR count). The standard InChI is InChI=1S/C17H21NO3/c19-17(15-7-11-20-13-15)14-3-5-16(6-4-14)21-12-10-18-8-1-2-9-18/h3-7,11,13,17,19H,1-2,8-10,12H2. The summed E-state index contributed by atoms with van der Waals surface area (Å²) in [5.74, 6) is 0.845. The zero-order chi connectivity index (χ0) is 14.5. The van der Waals surface area contributed by atoms with E-state index < -0.39 is 6.10 Å². The van der Waals surface area contributed by atoms with Crippen LogP contribution in [-0.2, 0) is 0 Å². The van der Waals surface area contributed by atoms with Gasteiger partial charge in [0.1, 0.15) is 18.5 Å². The van der Waals surface area contributed by atoms with Crippen LogP contribution in [0.15, 0.2) is 47.3 Å². The van der Waals surface area contributed by atoms with E-state index in [9.17, 15) is 5.11 Å². The summed E-state index contributed by atoms with van der Waals surface area (Å²) in [6, 6.07) is 9.36. The molecule has 0 amide bonds. The van der Waals surface area contributed by atoms with E-state index in [-0.39, 0.29) is 0 Å². The van der Waals surface area contributed by atoms with Crippen molar-refractivity contribution in [1.29, 1.82) is 0 Å². The van der Waals surface area contributed by atoms with E-state index >= 15 is 0 Å². The maximum atomic E-state index is 10.2. The van der Waals surface area contributed by atoms with E-state index in [0.29, 0.717) is 6.61 Å². The van der Waals surface area contributed by atoms with Crippen LogP contribution >= 0.6 is 0 Å². The van der Waals surface area contributed by atoms with Gasteiger partial charge in [-0.2, -0.15) is 0 Å². The number of aliphatic hydroxyl groups excluding tert-OH is 1. The van der Waals surface area contributed by atoms with Gasteiger partial charge < -0.3 is 14.3 Å². The second-order valence-electron chi connectivity index (χ2n) is 5.43. The molecule has 1 unspecified atom stereocenters. The minimum absolute atomic E-state index is 0.651. The molecule has 4 heteroatoms. The first-order valence-corrected chi connectivity index (χ1v) is 7.48. The summed E-state index contributed by atoms with van der Waals surface area (Å²) in [5.41, 5.74) is 1.60. The Kier molecular flexibility index (Phi) is 4.58. The molecule has 1 aromatic heterocycles. The van der Waals surface area contributed by atoms with Crippen LogP contribution < -0.4 is 4.74 Å². The summed E-state index contributed by atoms with van der Waals surface area (Å²) in [5, 5.41) is 10.2. The lowest BCUT2D eigenvalue weighted by Crippen LogP contribution is -2.25. The van der Waals surface area contributed by atoms with Crippen molar-refractivity contribution in [3.05, 3.63) is 54.0 Å². The number of ether oxygens (including phenoxy) is 1. The SMILES string of the molecule is OC(c1ccc(OCCN2CCCC2)cc1)c1ccoc1. The normalized spacial score (nSPS) is 17.0. The molecule has 1 aromatic carbocycles. The zero-order valence-corrected chi connectivity index (χ0v) is 12.1. The van der Waals surface area contributed by atoms with Gasteiger partial charge in [0, 0.05) is 12.1 Å². The summed E-state index contributed by atoms with van der Waals surface area (Å²) in [6.45, 7) is 4.08. The summed E-state index contributed by atoms with van der Waals surface area (Å²) in [6.07, 6.45) is 5.09. The molecule has 0 saturated carbocycles. The van der Waals surface area contributed by atoms with E-state index in [2.05, 4.69) is 4.90 Å². The monoisotopic (exact) mass is 287 g/mol. The highest BCUT2D eigenvalue weighted by Gasteiger charge is 2.12. The molecule has 1 saturated heterocycles. The Labute approximate surface area is 124 Å². The first-order valence-electron chi connectivity index (χ1n) is 7.48. The first kappa shape index (κ1) is 14.2. The number of hydrogen-bond acceptors (Lipinski definition) is 4. The molecule has 4 nitrogen and oxygen atoms in total. The molecular weight excluding hydrogens is 266 g/mol. The first-order chi connectivity index (χ1) is 10.3. The van der Waals surface area contributed by atoms with Gasteiger partial charge >= 0.3 is 0 Å². The summed E-state index contributed by atoms with van der Waals surface area (Å²) >= 11 is 0. The Morgan fingerprint density at radius 3 is 2.52 bits per heavy atom. The number of rotatable bonds is 6. The average Bonchev–Trinajstić information content (AvgIpc) is 3.21. The molecule has 21 heavy (non-hydrogen) atoms. The van der Waals surface area contributed by atoms with Gasteiger partial charge in [-0.05, 0) is 49.7 Å². The van der Waals surface area contributed by atoms with Crippen LogP contribution in [0.2, 0.25) is 0 Å². The molecule has 2 heterocycles. The summed E-state index contributed by atoms with van der Waals surface area (Å²) in [4.78, 5) is 2.43. The van der Waals surface area contributed by atoms with Gasteiger partial charge in [-0.15, -0.1) is 0 Å². The van der Waals surface area contributed by atoms with Crippen molar-refractivity contribution < 1.29 is 14.3 Å². The molecule has 1 atom stereocenters. The largest absolute Gasteiger partial charge is 0.492 e. The number of nitrogens with zero attached hydrogens (tertiary/aromatic N) is 1. The third kappa shape index (κ3) is 3.65.